The molecule has 1 amide bonds. The van der Waals surface area contributed by atoms with Crippen molar-refractivity contribution in [2.24, 2.45) is 0 Å². The molecule has 27 heavy (non-hydrogen) atoms. The molecule has 6 nitrogen and oxygen atoms in total. The topological polar surface area (TPSA) is 70.1 Å². The van der Waals surface area contributed by atoms with Crippen LogP contribution in [0.2, 0.25) is 0 Å². The van der Waals surface area contributed by atoms with Gasteiger partial charge in [-0.3, -0.25) is 9.69 Å². The summed E-state index contributed by atoms with van der Waals surface area (Å²) in [6.07, 6.45) is -2.97. The number of hydrogen-bond donors (Lipinski definition) is 1. The number of alkyl halides is 3. The molecular weight excluding hydrogens is 385 g/mol. The van der Waals surface area contributed by atoms with Crippen molar-refractivity contribution in [1.82, 2.24) is 9.80 Å². The van der Waals surface area contributed by atoms with Gasteiger partial charge >= 0.3 is 12.1 Å². The number of carboxylic acids is 1. The maximum atomic E-state index is 11.6. The van der Waals surface area contributed by atoms with Gasteiger partial charge in [0.15, 0.2) is 0 Å². The summed E-state index contributed by atoms with van der Waals surface area (Å²) in [6.45, 7) is 6.98. The standard InChI is InChI=1S/C15H22N2O2S.C2HF3O2/c1-13(18)17-5-2-4-15(12-17)11-16(6-7-19-15)9-14-3-8-20-10-14;3-2(4,5)1(6)7/h3,8,10H,2,4-7,9,11-12H2,1H3;(H,6,7). The van der Waals surface area contributed by atoms with Crippen LogP contribution in [0.5, 0.6) is 0 Å². The summed E-state index contributed by atoms with van der Waals surface area (Å²) in [7, 11) is 0. The fraction of sp³-hybridized carbons (Fsp3) is 0.647. The Balaban J connectivity index is 0.000000321. The summed E-state index contributed by atoms with van der Waals surface area (Å²) in [4.78, 5) is 24.9. The number of ether oxygens (including phenoxy) is 1. The Morgan fingerprint density at radius 1 is 1.33 bits per heavy atom. The highest BCUT2D eigenvalue weighted by Gasteiger charge is 2.41. The number of morpholine rings is 1. The molecule has 2 aliphatic heterocycles. The number of amides is 1. The Morgan fingerprint density at radius 2 is 2.04 bits per heavy atom. The van der Waals surface area contributed by atoms with Gasteiger partial charge in [0.05, 0.1) is 18.8 Å². The average Bonchev–Trinajstić information content (AvgIpc) is 3.07. The monoisotopic (exact) mass is 408 g/mol. The van der Waals surface area contributed by atoms with Crippen molar-refractivity contribution >= 4 is 23.2 Å². The molecular formula is C17H23F3N2O4S. The van der Waals surface area contributed by atoms with Gasteiger partial charge in [-0.2, -0.15) is 24.5 Å². The van der Waals surface area contributed by atoms with Crippen molar-refractivity contribution < 1.29 is 32.6 Å². The summed E-state index contributed by atoms with van der Waals surface area (Å²) in [5, 5.41) is 11.5. The first-order valence-electron chi connectivity index (χ1n) is 8.54. The molecule has 0 radical (unpaired) electrons. The lowest BCUT2D eigenvalue weighted by Crippen LogP contribution is -2.60. The van der Waals surface area contributed by atoms with Gasteiger partial charge in [0.1, 0.15) is 0 Å². The summed E-state index contributed by atoms with van der Waals surface area (Å²) >= 11 is 1.75. The van der Waals surface area contributed by atoms with E-state index in [1.54, 1.807) is 18.3 Å². The first-order chi connectivity index (χ1) is 12.6. The number of halogens is 3. The van der Waals surface area contributed by atoms with Gasteiger partial charge in [-0.25, -0.2) is 4.79 Å². The van der Waals surface area contributed by atoms with Crippen LogP contribution in [0.15, 0.2) is 16.8 Å². The highest BCUT2D eigenvalue weighted by atomic mass is 32.1. The highest BCUT2D eigenvalue weighted by molar-refractivity contribution is 7.07. The van der Waals surface area contributed by atoms with Gasteiger partial charge in [-0.05, 0) is 35.2 Å². The number of nitrogens with zero attached hydrogens (tertiary/aromatic N) is 2. The van der Waals surface area contributed by atoms with Gasteiger partial charge in [0.2, 0.25) is 5.91 Å². The second kappa shape index (κ2) is 9.03. The Kier molecular flexibility index (Phi) is 7.24. The molecule has 0 bridgehead atoms. The number of thiophene rings is 1. The fourth-order valence-corrected chi connectivity index (χ4v) is 3.97. The minimum absolute atomic E-state index is 0.141. The van der Waals surface area contributed by atoms with Gasteiger partial charge in [-0.15, -0.1) is 0 Å². The molecule has 2 saturated heterocycles. The largest absolute Gasteiger partial charge is 0.490 e. The van der Waals surface area contributed by atoms with E-state index in [4.69, 9.17) is 14.6 Å². The minimum atomic E-state index is -5.08. The maximum absolute atomic E-state index is 11.6. The molecule has 0 aromatic carbocycles. The van der Waals surface area contributed by atoms with Gasteiger partial charge in [-0.1, -0.05) is 0 Å². The van der Waals surface area contributed by atoms with E-state index in [1.165, 1.54) is 5.56 Å². The molecule has 10 heteroatoms. The third kappa shape index (κ3) is 6.47. The summed E-state index contributed by atoms with van der Waals surface area (Å²) in [5.74, 6) is -2.59. The molecule has 1 aromatic heterocycles. The normalized spacial score (nSPS) is 23.6. The molecule has 1 spiro atoms. The Bertz CT molecular complexity index is 635. The number of aliphatic carboxylic acids is 1. The summed E-state index contributed by atoms with van der Waals surface area (Å²) < 4.78 is 37.8. The third-order valence-electron chi connectivity index (χ3n) is 4.54. The molecule has 2 fully saturated rings. The van der Waals surface area contributed by atoms with Gasteiger partial charge in [0.25, 0.3) is 0 Å². The van der Waals surface area contributed by atoms with Crippen molar-refractivity contribution in [1.29, 1.82) is 0 Å². The van der Waals surface area contributed by atoms with Crippen LogP contribution >= 0.6 is 11.3 Å². The van der Waals surface area contributed by atoms with E-state index in [0.717, 1.165) is 52.2 Å². The van der Waals surface area contributed by atoms with Crippen LogP contribution in [-0.4, -0.2) is 71.3 Å². The zero-order valence-electron chi connectivity index (χ0n) is 15.0. The fourth-order valence-electron chi connectivity index (χ4n) is 3.31. The average molecular weight is 408 g/mol. The number of piperidine rings is 1. The molecule has 1 aromatic rings. The number of carboxylic acid groups (broad SMARTS) is 1. The molecule has 0 aliphatic carbocycles. The van der Waals surface area contributed by atoms with Crippen LogP contribution in [-0.2, 0) is 20.9 Å². The lowest BCUT2D eigenvalue weighted by atomic mass is 9.90. The number of likely N-dealkylation sites (tertiary alicyclic amines) is 1. The van der Waals surface area contributed by atoms with Crippen molar-refractivity contribution in [2.75, 3.05) is 32.8 Å². The van der Waals surface area contributed by atoms with Crippen LogP contribution in [0.4, 0.5) is 13.2 Å². The summed E-state index contributed by atoms with van der Waals surface area (Å²) in [5.41, 5.74) is 1.24. The van der Waals surface area contributed by atoms with Crippen molar-refractivity contribution in [3.8, 4) is 0 Å². The van der Waals surface area contributed by atoms with Gasteiger partial charge in [0, 0.05) is 33.1 Å². The van der Waals surface area contributed by atoms with Crippen LogP contribution < -0.4 is 0 Å². The smallest absolute Gasteiger partial charge is 0.475 e. The zero-order valence-corrected chi connectivity index (χ0v) is 15.8. The molecule has 1 unspecified atom stereocenters. The van der Waals surface area contributed by atoms with E-state index in [2.05, 4.69) is 21.7 Å². The van der Waals surface area contributed by atoms with Crippen LogP contribution in [0.3, 0.4) is 0 Å². The zero-order chi connectivity index (χ0) is 20.1. The van der Waals surface area contributed by atoms with Crippen molar-refractivity contribution in [2.45, 2.75) is 38.1 Å². The first kappa shape index (κ1) is 21.6. The molecule has 3 heterocycles. The number of hydrogen-bond acceptors (Lipinski definition) is 5. The van der Waals surface area contributed by atoms with E-state index in [-0.39, 0.29) is 11.5 Å². The first-order valence-corrected chi connectivity index (χ1v) is 9.49. The predicted molar refractivity (Wildman–Crippen MR) is 93.5 cm³/mol. The van der Waals surface area contributed by atoms with Crippen LogP contribution in [0, 0.1) is 0 Å². The van der Waals surface area contributed by atoms with E-state index in [9.17, 15) is 18.0 Å². The second-order valence-corrected chi connectivity index (χ2v) is 7.50. The Labute approximate surface area is 159 Å². The third-order valence-corrected chi connectivity index (χ3v) is 5.27. The van der Waals surface area contributed by atoms with E-state index in [0.29, 0.717) is 0 Å². The highest BCUT2D eigenvalue weighted by Crippen LogP contribution is 2.29. The Morgan fingerprint density at radius 3 is 2.59 bits per heavy atom. The molecule has 1 atom stereocenters. The molecule has 2 aliphatic rings. The lowest BCUT2D eigenvalue weighted by molar-refractivity contribution is -0.192. The maximum Gasteiger partial charge on any atom is 0.490 e. The van der Waals surface area contributed by atoms with Crippen molar-refractivity contribution in [3.63, 3.8) is 0 Å². The van der Waals surface area contributed by atoms with E-state index < -0.39 is 12.1 Å². The molecule has 3 rings (SSSR count). The van der Waals surface area contributed by atoms with Crippen LogP contribution in [0.1, 0.15) is 25.3 Å². The number of carbonyl (C=O) groups is 2. The number of rotatable bonds is 2. The summed E-state index contributed by atoms with van der Waals surface area (Å²) in [6, 6.07) is 2.19. The quantitative estimate of drug-likeness (QED) is 0.815. The van der Waals surface area contributed by atoms with Gasteiger partial charge < -0.3 is 14.7 Å². The van der Waals surface area contributed by atoms with Crippen molar-refractivity contribution in [3.05, 3.63) is 22.4 Å². The minimum Gasteiger partial charge on any atom is -0.475 e. The molecule has 1 N–H and O–H groups in total. The predicted octanol–water partition coefficient (Wildman–Crippen LogP) is 2.59. The van der Waals surface area contributed by atoms with E-state index in [1.807, 2.05) is 4.90 Å². The SMILES string of the molecule is CC(=O)N1CCCC2(CN(Cc3ccsc3)CCO2)C1.O=C(O)C(F)(F)F. The van der Waals surface area contributed by atoms with E-state index >= 15 is 0 Å². The second-order valence-electron chi connectivity index (χ2n) is 6.72. The molecule has 0 saturated carbocycles. The Hall–Kier alpha value is -1.65. The lowest BCUT2D eigenvalue weighted by Gasteiger charge is -2.48. The number of carbonyl (C=O) groups excluding carboxylic acids is 1. The van der Waals surface area contributed by atoms with Crippen LogP contribution in [0.25, 0.3) is 0 Å². The molecule has 152 valence electrons.